The van der Waals surface area contributed by atoms with Crippen molar-refractivity contribution in [3.8, 4) is 5.75 Å². The second-order valence-electron chi connectivity index (χ2n) is 9.64. The smallest absolute Gasteiger partial charge is 0.459 e. The molecule has 2 unspecified atom stereocenters. The van der Waals surface area contributed by atoms with Crippen molar-refractivity contribution < 1.29 is 42.6 Å². The molecule has 1 saturated heterocycles. The maximum absolute atomic E-state index is 14.1. The van der Waals surface area contributed by atoms with E-state index in [9.17, 15) is 19.3 Å². The molecule has 1 fully saturated rings. The predicted molar refractivity (Wildman–Crippen MR) is 146 cm³/mol. The highest BCUT2D eigenvalue weighted by atomic mass is 31.2. The summed E-state index contributed by atoms with van der Waals surface area (Å²) in [6.07, 6.45) is 0.206. The Morgan fingerprint density at radius 2 is 2.07 bits per heavy atom. The van der Waals surface area contributed by atoms with Gasteiger partial charge < -0.3 is 24.8 Å². The third-order valence-corrected chi connectivity index (χ3v) is 7.69. The Kier molecular flexibility index (Phi) is 10.1. The molecule has 42 heavy (non-hydrogen) atoms. The number of ketones is 1. The second-order valence-corrected chi connectivity index (χ2v) is 11.3. The number of aliphatic hydroxyl groups excluding tert-OH is 1. The first-order chi connectivity index (χ1) is 20.1. The summed E-state index contributed by atoms with van der Waals surface area (Å²) in [5.41, 5.74) is 13.5. The van der Waals surface area contributed by atoms with Crippen LogP contribution in [0.3, 0.4) is 0 Å². The number of hydrogen-bond acceptors (Lipinski definition) is 13. The first-order valence-electron chi connectivity index (χ1n) is 13.0. The lowest BCUT2D eigenvalue weighted by Gasteiger charge is -2.26. The van der Waals surface area contributed by atoms with Crippen LogP contribution in [0, 0.1) is 5.53 Å². The number of ether oxygens (including phenoxy) is 2. The van der Waals surface area contributed by atoms with Crippen LogP contribution < -0.4 is 15.3 Å². The van der Waals surface area contributed by atoms with Crippen LogP contribution in [0.1, 0.15) is 39.3 Å². The van der Waals surface area contributed by atoms with Crippen molar-refractivity contribution in [3.63, 3.8) is 0 Å². The van der Waals surface area contributed by atoms with E-state index in [1.54, 1.807) is 48.7 Å². The lowest BCUT2D eigenvalue weighted by molar-refractivity contribution is -0.149. The van der Waals surface area contributed by atoms with Gasteiger partial charge in [-0.2, -0.15) is 5.09 Å². The highest BCUT2D eigenvalue weighted by molar-refractivity contribution is 7.52. The Morgan fingerprint density at radius 1 is 1.31 bits per heavy atom. The summed E-state index contributed by atoms with van der Waals surface area (Å²) in [5.74, 6) is -0.927. The fourth-order valence-electron chi connectivity index (χ4n) is 4.16. The van der Waals surface area contributed by atoms with Crippen LogP contribution in [-0.2, 0) is 28.2 Å². The topological polar surface area (TPSA) is 228 Å². The lowest BCUT2D eigenvalue weighted by atomic mass is 10.1. The monoisotopic (exact) mass is 603 g/mol. The second kappa shape index (κ2) is 13.7. The van der Waals surface area contributed by atoms with E-state index in [1.165, 1.54) is 12.7 Å². The van der Waals surface area contributed by atoms with Crippen molar-refractivity contribution in [2.75, 3.05) is 12.3 Å². The summed E-state index contributed by atoms with van der Waals surface area (Å²) in [5, 5.41) is 13.3. The Balaban J connectivity index is 1.52. The standard InChI is InChI=1S/C25H31N8O8P/c1-15(2)39-25(36)18(9-8-16(34)11-31-27)32-42(37,41-17-6-4-3-5-7-17)38-12-20-19(35)10-21(40-20)33-14-30-22-23(26)28-13-29-24(22)33/h3-7,11,13-15,18-21,26,35H,8-10,12H2,1-2H3,(H2-,27,32,34,37)/p+1/t18-,19?,20+,21+,42?/m0/s1. The minimum atomic E-state index is -4.35. The number of fused-ring (bicyclic) bond motifs is 1. The molecule has 0 amide bonds. The molecule has 3 heterocycles. The van der Waals surface area contributed by atoms with E-state index < -0.39 is 56.7 Å². The summed E-state index contributed by atoms with van der Waals surface area (Å²) in [4.78, 5) is 40.1. The number of anilines is 1. The number of hydrogen-bond donors (Lipinski definition) is 4. The molecule has 0 saturated carbocycles. The number of imidazole rings is 1. The number of esters is 1. The third-order valence-electron chi connectivity index (χ3n) is 6.12. The largest absolute Gasteiger partial charge is 0.462 e. The molecule has 2 aromatic heterocycles. The summed E-state index contributed by atoms with van der Waals surface area (Å²) in [6.45, 7) is 2.89. The Morgan fingerprint density at radius 3 is 2.79 bits per heavy atom. The van der Waals surface area contributed by atoms with Crippen LogP contribution in [0.25, 0.3) is 11.2 Å². The molecule has 1 aliphatic heterocycles. The number of carbonyl (C=O) groups is 2. The van der Waals surface area contributed by atoms with Gasteiger partial charge in [0.1, 0.15) is 36.0 Å². The molecule has 0 radical (unpaired) electrons. The molecule has 3 aromatic rings. The van der Waals surface area contributed by atoms with E-state index in [1.807, 2.05) is 0 Å². The number of rotatable bonds is 14. The van der Waals surface area contributed by atoms with Gasteiger partial charge in [0.2, 0.25) is 5.78 Å². The Hall–Kier alpha value is -4.04. The summed E-state index contributed by atoms with van der Waals surface area (Å²) < 4.78 is 38.4. The molecular formula is C25H32N8O8P+. The van der Waals surface area contributed by atoms with Crippen molar-refractivity contribution in [1.29, 1.82) is 5.53 Å². The molecule has 0 bridgehead atoms. The minimum absolute atomic E-state index is 0.143. The first kappa shape index (κ1) is 30.9. The fourth-order valence-corrected chi connectivity index (χ4v) is 5.70. The zero-order valence-electron chi connectivity index (χ0n) is 22.9. The lowest BCUT2D eigenvalue weighted by Crippen LogP contribution is -2.40. The van der Waals surface area contributed by atoms with Gasteiger partial charge in [-0.25, -0.2) is 19.5 Å². The van der Waals surface area contributed by atoms with Crippen molar-refractivity contribution in [2.24, 2.45) is 0 Å². The number of para-hydroxylation sites is 1. The number of Topliss-reactive ketones (excluding diaryl/α,β-unsaturated/α-hetero) is 1. The van der Waals surface area contributed by atoms with Crippen LogP contribution in [0.5, 0.6) is 5.75 Å². The van der Waals surface area contributed by atoms with E-state index in [2.05, 4.69) is 24.8 Å². The maximum Gasteiger partial charge on any atom is 0.459 e. The Labute approximate surface area is 240 Å². The highest BCUT2D eigenvalue weighted by Gasteiger charge is 2.40. The van der Waals surface area contributed by atoms with Crippen LogP contribution in [0.15, 0.2) is 43.0 Å². The molecule has 16 nitrogen and oxygen atoms in total. The number of nitrogens with two attached hydrogens (primary N) is 1. The van der Waals surface area contributed by atoms with E-state index in [0.717, 1.165) is 6.21 Å². The maximum atomic E-state index is 14.1. The van der Waals surface area contributed by atoms with Crippen LogP contribution >= 0.6 is 7.75 Å². The third kappa shape index (κ3) is 7.82. The van der Waals surface area contributed by atoms with Gasteiger partial charge in [0, 0.05) is 12.8 Å². The van der Waals surface area contributed by atoms with Gasteiger partial charge in [0.25, 0.3) is 0 Å². The SMILES string of the molecule is CC(C)OC(=O)[C@H](CCC(=O)C=[N+]=N)NP(=O)(OC[C@H]1O[C@@H](n2cnc3c(N)ncnc32)CC1O)Oc1ccccc1. The number of carbonyl (C=O) groups excluding carboxylic acids is 2. The molecule has 5 atom stereocenters. The number of benzene rings is 1. The number of aromatic nitrogens is 4. The number of aliphatic hydroxyl groups is 1. The van der Waals surface area contributed by atoms with Gasteiger partial charge in [-0.3, -0.25) is 18.7 Å². The van der Waals surface area contributed by atoms with Crippen molar-refractivity contribution in [1.82, 2.24) is 24.6 Å². The molecule has 1 aromatic carbocycles. The molecule has 0 aliphatic carbocycles. The first-order valence-corrected chi connectivity index (χ1v) is 14.6. The minimum Gasteiger partial charge on any atom is -0.462 e. The zero-order chi connectivity index (χ0) is 30.3. The summed E-state index contributed by atoms with van der Waals surface area (Å²) >= 11 is 0. The number of nitrogens with one attached hydrogen (secondary N) is 2. The van der Waals surface area contributed by atoms with Gasteiger partial charge in [0.05, 0.1) is 35.5 Å². The average molecular weight is 604 g/mol. The molecule has 5 N–H and O–H groups in total. The van der Waals surface area contributed by atoms with Crippen LogP contribution in [0.4, 0.5) is 5.82 Å². The van der Waals surface area contributed by atoms with Crippen LogP contribution in [0.2, 0.25) is 0 Å². The summed E-state index contributed by atoms with van der Waals surface area (Å²) in [7, 11) is -4.35. The number of nitrogen functional groups attached to an aromatic ring is 1. The number of nitrogens with zero attached hydrogens (tertiary/aromatic N) is 5. The van der Waals surface area contributed by atoms with Gasteiger partial charge >= 0.3 is 19.9 Å². The van der Waals surface area contributed by atoms with Crippen molar-refractivity contribution >= 4 is 42.7 Å². The van der Waals surface area contributed by atoms with E-state index in [0.29, 0.717) is 11.2 Å². The Bertz CT molecular complexity index is 1500. The zero-order valence-corrected chi connectivity index (χ0v) is 23.8. The predicted octanol–water partition coefficient (Wildman–Crippen LogP) is 1.83. The van der Waals surface area contributed by atoms with E-state index in [-0.39, 0.29) is 30.8 Å². The average Bonchev–Trinajstić information content (AvgIpc) is 3.54. The molecular weight excluding hydrogens is 571 g/mol. The van der Waals surface area contributed by atoms with Gasteiger partial charge in [-0.05, 0) is 32.4 Å². The van der Waals surface area contributed by atoms with Gasteiger partial charge in [-0.15, -0.1) is 0 Å². The van der Waals surface area contributed by atoms with Crippen molar-refractivity contribution in [2.45, 2.75) is 63.7 Å². The normalized spacial score (nSPS) is 20.5. The fraction of sp³-hybridized carbons (Fsp3) is 0.440. The molecule has 4 rings (SSSR count). The van der Waals surface area contributed by atoms with Crippen molar-refractivity contribution in [3.05, 3.63) is 43.0 Å². The molecule has 224 valence electrons. The van der Waals surface area contributed by atoms with E-state index >= 15 is 0 Å². The highest BCUT2D eigenvalue weighted by Crippen LogP contribution is 2.46. The van der Waals surface area contributed by atoms with Gasteiger partial charge in [0.15, 0.2) is 11.5 Å². The molecule has 17 heteroatoms. The summed E-state index contributed by atoms with van der Waals surface area (Å²) in [6, 6.07) is 6.85. The van der Waals surface area contributed by atoms with E-state index in [4.69, 9.17) is 29.8 Å². The molecule has 1 aliphatic rings. The molecule has 0 spiro atoms. The van der Waals surface area contributed by atoms with Crippen LogP contribution in [-0.4, -0.2) is 78.3 Å². The van der Waals surface area contributed by atoms with Gasteiger partial charge in [-0.1, -0.05) is 18.2 Å². The quantitative estimate of drug-likeness (QED) is 0.0678.